The molecule has 1 N–H and O–H groups in total. The largest absolute Gasteiger partial charge is 0.282 e. The predicted molar refractivity (Wildman–Crippen MR) is 62.4 cm³/mol. The number of rotatable bonds is 0. The number of aromatic amines is 1. The zero-order valence-electron chi connectivity index (χ0n) is 8.85. The van der Waals surface area contributed by atoms with Crippen LogP contribution < -0.4 is 0 Å². The minimum atomic E-state index is 0.858. The van der Waals surface area contributed by atoms with Gasteiger partial charge < -0.3 is 0 Å². The van der Waals surface area contributed by atoms with Crippen LogP contribution in [0.3, 0.4) is 0 Å². The molecule has 0 aliphatic carbocycles. The zero-order valence-corrected chi connectivity index (χ0v) is 10.4. The topological polar surface area (TPSA) is 41.6 Å². The van der Waals surface area contributed by atoms with Crippen molar-refractivity contribution in [3.8, 4) is 0 Å². The summed E-state index contributed by atoms with van der Waals surface area (Å²) in [5.41, 5.74) is 2.98. The van der Waals surface area contributed by atoms with E-state index < -0.39 is 0 Å². The summed E-state index contributed by atoms with van der Waals surface area (Å²) in [6, 6.07) is 1.97. The van der Waals surface area contributed by atoms with Crippen LogP contribution in [0.2, 0.25) is 0 Å². The molecule has 0 saturated carbocycles. The molecule has 0 aliphatic heterocycles. The maximum absolute atomic E-state index is 4.25. The molecule has 0 spiro atoms. The highest BCUT2D eigenvalue weighted by Crippen LogP contribution is 2.20. The van der Waals surface area contributed by atoms with E-state index in [2.05, 4.69) is 31.1 Å². The van der Waals surface area contributed by atoms with Crippen molar-refractivity contribution < 1.29 is 0 Å². The summed E-state index contributed by atoms with van der Waals surface area (Å²) in [5.74, 6) is 0. The second-order valence-corrected chi connectivity index (χ2v) is 3.59. The summed E-state index contributed by atoms with van der Waals surface area (Å²) in [6.45, 7) is 7.95. The van der Waals surface area contributed by atoms with E-state index in [1.165, 1.54) is 0 Å². The van der Waals surface area contributed by atoms with E-state index in [-0.39, 0.29) is 0 Å². The second-order valence-electron chi connectivity index (χ2n) is 2.78. The Balaban J connectivity index is 0.000000461. The van der Waals surface area contributed by atoms with Gasteiger partial charge in [0.1, 0.15) is 10.1 Å². The third-order valence-electron chi connectivity index (χ3n) is 1.88. The fourth-order valence-corrected chi connectivity index (χ4v) is 1.75. The van der Waals surface area contributed by atoms with Crippen LogP contribution >= 0.6 is 15.9 Å². The van der Waals surface area contributed by atoms with Crippen LogP contribution in [0.1, 0.15) is 25.2 Å². The minimum absolute atomic E-state index is 0.858. The quantitative estimate of drug-likeness (QED) is 0.734. The van der Waals surface area contributed by atoms with Crippen molar-refractivity contribution in [2.45, 2.75) is 27.7 Å². The van der Waals surface area contributed by atoms with E-state index in [1.807, 2.05) is 33.8 Å². The van der Waals surface area contributed by atoms with E-state index in [4.69, 9.17) is 0 Å². The molecular weight excluding hydrogens is 242 g/mol. The van der Waals surface area contributed by atoms with Gasteiger partial charge in [-0.3, -0.25) is 5.10 Å². The molecule has 0 unspecified atom stereocenters. The molecule has 76 valence electrons. The Morgan fingerprint density at radius 3 is 2.57 bits per heavy atom. The third kappa shape index (κ3) is 1.95. The summed E-state index contributed by atoms with van der Waals surface area (Å²) >= 11 is 3.35. The van der Waals surface area contributed by atoms with Gasteiger partial charge in [0.2, 0.25) is 0 Å². The molecule has 0 aliphatic rings. The highest BCUT2D eigenvalue weighted by molar-refractivity contribution is 9.10. The number of hydrogen-bond donors (Lipinski definition) is 1. The normalized spacial score (nSPS) is 9.79. The lowest BCUT2D eigenvalue weighted by atomic mass is 10.2. The predicted octanol–water partition coefficient (Wildman–Crippen LogP) is 3.36. The van der Waals surface area contributed by atoms with Gasteiger partial charge in [-0.1, -0.05) is 13.8 Å². The molecule has 2 aromatic heterocycles. The molecule has 0 radical (unpaired) electrons. The molecule has 4 heteroatoms. The van der Waals surface area contributed by atoms with Crippen LogP contribution in [0.4, 0.5) is 0 Å². The van der Waals surface area contributed by atoms with Crippen molar-refractivity contribution in [3.05, 3.63) is 22.1 Å². The molecular formula is C10H14BrN3. The number of aromatic nitrogens is 3. The number of pyridine rings is 1. The molecule has 0 fully saturated rings. The summed E-state index contributed by atoms with van der Waals surface area (Å²) in [6.07, 6.45) is 0. The first-order chi connectivity index (χ1) is 6.68. The third-order valence-corrected chi connectivity index (χ3v) is 2.28. The Morgan fingerprint density at radius 2 is 1.93 bits per heavy atom. The van der Waals surface area contributed by atoms with E-state index in [0.717, 1.165) is 26.9 Å². The summed E-state index contributed by atoms with van der Waals surface area (Å²) in [4.78, 5) is 4.25. The molecule has 2 heterocycles. The maximum atomic E-state index is 4.25. The Kier molecular flexibility index (Phi) is 3.63. The monoisotopic (exact) mass is 255 g/mol. The Hall–Kier alpha value is -0.900. The minimum Gasteiger partial charge on any atom is -0.282 e. The van der Waals surface area contributed by atoms with Crippen LogP contribution in [0, 0.1) is 13.8 Å². The maximum Gasteiger partial charge on any atom is 0.114 e. The lowest BCUT2D eigenvalue weighted by Gasteiger charge is -1.95. The first-order valence-electron chi connectivity index (χ1n) is 4.66. The molecule has 0 amide bonds. The standard InChI is InChI=1S/C8H8BrN3.C2H6/c1-4-6-3-7(9)10-5(2)8(6)12-11-4;1-2/h3H,1-2H3,(H,11,12);1-2H3. The highest BCUT2D eigenvalue weighted by atomic mass is 79.9. The van der Waals surface area contributed by atoms with E-state index in [9.17, 15) is 0 Å². The van der Waals surface area contributed by atoms with E-state index in [1.54, 1.807) is 0 Å². The van der Waals surface area contributed by atoms with Gasteiger partial charge in [-0.2, -0.15) is 5.10 Å². The van der Waals surface area contributed by atoms with Gasteiger partial charge in [-0.05, 0) is 35.8 Å². The fourth-order valence-electron chi connectivity index (χ4n) is 1.25. The lowest BCUT2D eigenvalue weighted by Crippen LogP contribution is -1.83. The molecule has 2 rings (SSSR count). The summed E-state index contributed by atoms with van der Waals surface area (Å²) in [7, 11) is 0. The Labute approximate surface area is 92.1 Å². The van der Waals surface area contributed by atoms with Crippen LogP contribution in [0.25, 0.3) is 10.9 Å². The lowest BCUT2D eigenvalue weighted by molar-refractivity contribution is 1.06. The van der Waals surface area contributed by atoms with Gasteiger partial charge in [0.05, 0.1) is 5.69 Å². The van der Waals surface area contributed by atoms with Gasteiger partial charge in [0.25, 0.3) is 0 Å². The van der Waals surface area contributed by atoms with Gasteiger partial charge >= 0.3 is 0 Å². The number of nitrogens with one attached hydrogen (secondary N) is 1. The zero-order chi connectivity index (χ0) is 10.7. The highest BCUT2D eigenvalue weighted by Gasteiger charge is 2.05. The smallest absolute Gasteiger partial charge is 0.114 e. The van der Waals surface area contributed by atoms with Crippen molar-refractivity contribution in [1.29, 1.82) is 0 Å². The summed E-state index contributed by atoms with van der Waals surface area (Å²) < 4.78 is 0.858. The SMILES string of the molecule is CC.Cc1[nH]nc2c(C)nc(Br)cc12. The molecule has 2 aromatic rings. The second kappa shape index (κ2) is 4.55. The number of aryl methyl sites for hydroxylation is 2. The van der Waals surface area contributed by atoms with E-state index in [0.29, 0.717) is 0 Å². The molecule has 0 bridgehead atoms. The van der Waals surface area contributed by atoms with Crippen molar-refractivity contribution in [1.82, 2.24) is 15.2 Å². The van der Waals surface area contributed by atoms with Crippen molar-refractivity contribution in [3.63, 3.8) is 0 Å². The molecule has 0 atom stereocenters. The van der Waals surface area contributed by atoms with Gasteiger partial charge in [-0.15, -0.1) is 0 Å². The number of hydrogen-bond acceptors (Lipinski definition) is 2. The fraction of sp³-hybridized carbons (Fsp3) is 0.400. The number of H-pyrrole nitrogens is 1. The Morgan fingerprint density at radius 1 is 1.29 bits per heavy atom. The molecule has 0 saturated heterocycles. The average molecular weight is 256 g/mol. The van der Waals surface area contributed by atoms with E-state index >= 15 is 0 Å². The first-order valence-corrected chi connectivity index (χ1v) is 5.45. The molecule has 0 aromatic carbocycles. The number of nitrogens with zero attached hydrogens (tertiary/aromatic N) is 2. The van der Waals surface area contributed by atoms with Crippen LogP contribution in [0.15, 0.2) is 10.7 Å². The van der Waals surface area contributed by atoms with Crippen molar-refractivity contribution in [2.24, 2.45) is 0 Å². The van der Waals surface area contributed by atoms with Crippen molar-refractivity contribution >= 4 is 26.8 Å². The molecule has 3 nitrogen and oxygen atoms in total. The number of fused-ring (bicyclic) bond motifs is 1. The average Bonchev–Trinajstić information content (AvgIpc) is 2.52. The van der Waals surface area contributed by atoms with Gasteiger partial charge in [-0.25, -0.2) is 4.98 Å². The van der Waals surface area contributed by atoms with Gasteiger partial charge in [0.15, 0.2) is 0 Å². The van der Waals surface area contributed by atoms with Crippen LogP contribution in [-0.2, 0) is 0 Å². The Bertz CT molecular complexity index is 434. The van der Waals surface area contributed by atoms with Crippen LogP contribution in [-0.4, -0.2) is 15.2 Å². The van der Waals surface area contributed by atoms with Crippen molar-refractivity contribution in [2.75, 3.05) is 0 Å². The molecule has 14 heavy (non-hydrogen) atoms. The van der Waals surface area contributed by atoms with Crippen LogP contribution in [0.5, 0.6) is 0 Å². The summed E-state index contributed by atoms with van der Waals surface area (Å²) in [5, 5.41) is 8.22. The number of halogens is 1. The first kappa shape index (κ1) is 11.2. The van der Waals surface area contributed by atoms with Gasteiger partial charge in [0, 0.05) is 11.1 Å².